The summed E-state index contributed by atoms with van der Waals surface area (Å²) in [5.74, 6) is -1.02. The number of carbonyl (C=O) groups is 3. The first kappa shape index (κ1) is 11.5. The normalized spacial score (nSPS) is 21.5. The largest absolute Gasteiger partial charge is 0.467 e. The molecule has 0 N–H and O–H groups in total. The van der Waals surface area contributed by atoms with Gasteiger partial charge in [-0.3, -0.25) is 14.6 Å². The zero-order valence-corrected chi connectivity index (χ0v) is 9.02. The van der Waals surface area contributed by atoms with Crippen LogP contribution in [0.1, 0.15) is 19.8 Å². The highest BCUT2D eigenvalue weighted by molar-refractivity contribution is 5.88. The van der Waals surface area contributed by atoms with Crippen molar-refractivity contribution >= 4 is 17.8 Å². The summed E-state index contributed by atoms with van der Waals surface area (Å²) in [5.41, 5.74) is 0. The zero-order valence-electron chi connectivity index (χ0n) is 9.02. The van der Waals surface area contributed by atoms with Gasteiger partial charge < -0.3 is 4.74 Å². The predicted molar refractivity (Wildman–Crippen MR) is 50.3 cm³/mol. The Morgan fingerprint density at radius 2 is 2.07 bits per heavy atom. The second-order valence-corrected chi connectivity index (χ2v) is 3.36. The van der Waals surface area contributed by atoms with Crippen LogP contribution < -0.4 is 0 Å². The lowest BCUT2D eigenvalue weighted by atomic mass is 10.1. The number of hydrogen-bond donors (Lipinski definition) is 0. The highest BCUT2D eigenvalue weighted by atomic mass is 16.5. The molecule has 1 aliphatic rings. The molecule has 6 heteroatoms. The highest BCUT2D eigenvalue weighted by Gasteiger charge is 2.38. The number of carbonyl (C=O) groups excluding carboxylic acids is 3. The third-order valence-corrected chi connectivity index (χ3v) is 2.41. The van der Waals surface area contributed by atoms with Crippen LogP contribution in [0, 0.1) is 0 Å². The molecule has 0 bridgehead atoms. The molecule has 2 amide bonds. The maximum atomic E-state index is 11.4. The summed E-state index contributed by atoms with van der Waals surface area (Å²) in [5, 5.41) is 2.31. The SMILES string of the molecule is COC(=O)[C@@H]1CCC(=O)N(C)N1C(C)=O. The number of hydrazine groups is 1. The van der Waals surface area contributed by atoms with Crippen molar-refractivity contribution in [3.05, 3.63) is 0 Å². The van der Waals surface area contributed by atoms with E-state index < -0.39 is 12.0 Å². The van der Waals surface area contributed by atoms with Gasteiger partial charge in [0.05, 0.1) is 7.11 Å². The molecule has 0 aromatic rings. The molecule has 0 radical (unpaired) electrons. The Kier molecular flexibility index (Phi) is 3.28. The van der Waals surface area contributed by atoms with Gasteiger partial charge in [-0.05, 0) is 6.42 Å². The molecule has 0 aliphatic carbocycles. The van der Waals surface area contributed by atoms with E-state index in [-0.39, 0.29) is 18.2 Å². The van der Waals surface area contributed by atoms with Crippen molar-refractivity contribution in [3.8, 4) is 0 Å². The molecule has 6 nitrogen and oxygen atoms in total. The van der Waals surface area contributed by atoms with Gasteiger partial charge in [-0.1, -0.05) is 0 Å². The van der Waals surface area contributed by atoms with Crippen molar-refractivity contribution in [2.24, 2.45) is 0 Å². The van der Waals surface area contributed by atoms with E-state index in [4.69, 9.17) is 0 Å². The van der Waals surface area contributed by atoms with Gasteiger partial charge in [0.1, 0.15) is 0 Å². The number of methoxy groups -OCH3 is 1. The van der Waals surface area contributed by atoms with Crippen LogP contribution in [0.15, 0.2) is 0 Å². The molecular weight excluding hydrogens is 200 g/mol. The van der Waals surface area contributed by atoms with Crippen LogP contribution in [0.3, 0.4) is 0 Å². The van der Waals surface area contributed by atoms with Crippen molar-refractivity contribution in [2.45, 2.75) is 25.8 Å². The maximum absolute atomic E-state index is 11.4. The minimum absolute atomic E-state index is 0.176. The Morgan fingerprint density at radius 1 is 1.47 bits per heavy atom. The number of nitrogens with zero attached hydrogens (tertiary/aromatic N) is 2. The van der Waals surface area contributed by atoms with Gasteiger partial charge in [-0.25, -0.2) is 9.80 Å². The maximum Gasteiger partial charge on any atom is 0.330 e. The Hall–Kier alpha value is -1.59. The van der Waals surface area contributed by atoms with Crippen molar-refractivity contribution in [2.75, 3.05) is 14.2 Å². The molecule has 1 fully saturated rings. The smallest absolute Gasteiger partial charge is 0.330 e. The molecule has 1 atom stereocenters. The Balaban J connectivity index is 2.92. The molecule has 0 spiro atoms. The lowest BCUT2D eigenvalue weighted by Gasteiger charge is -2.39. The fraction of sp³-hybridized carbons (Fsp3) is 0.667. The fourth-order valence-electron chi connectivity index (χ4n) is 1.66. The Labute approximate surface area is 87.7 Å². The van der Waals surface area contributed by atoms with E-state index in [1.807, 2.05) is 0 Å². The van der Waals surface area contributed by atoms with Gasteiger partial charge in [0.25, 0.3) is 0 Å². The molecular formula is C9H14N2O4. The number of amides is 2. The van der Waals surface area contributed by atoms with Crippen molar-refractivity contribution in [1.82, 2.24) is 10.0 Å². The summed E-state index contributed by atoms with van der Waals surface area (Å²) in [7, 11) is 2.73. The van der Waals surface area contributed by atoms with Crippen molar-refractivity contribution < 1.29 is 19.1 Å². The second kappa shape index (κ2) is 4.29. The quantitative estimate of drug-likeness (QED) is 0.554. The average Bonchev–Trinajstić information content (AvgIpc) is 2.20. The summed E-state index contributed by atoms with van der Waals surface area (Å²) in [6.45, 7) is 1.31. The first-order chi connectivity index (χ1) is 6.99. The monoisotopic (exact) mass is 214 g/mol. The molecule has 1 rings (SSSR count). The minimum atomic E-state index is -0.685. The van der Waals surface area contributed by atoms with E-state index in [0.717, 1.165) is 5.01 Å². The van der Waals surface area contributed by atoms with Crippen molar-refractivity contribution in [3.63, 3.8) is 0 Å². The fourth-order valence-corrected chi connectivity index (χ4v) is 1.66. The second-order valence-electron chi connectivity index (χ2n) is 3.36. The van der Waals surface area contributed by atoms with E-state index in [1.54, 1.807) is 0 Å². The molecule has 1 heterocycles. The minimum Gasteiger partial charge on any atom is -0.467 e. The summed E-state index contributed by atoms with van der Waals surface area (Å²) in [4.78, 5) is 34.0. The van der Waals surface area contributed by atoms with Crippen LogP contribution in [0.25, 0.3) is 0 Å². The average molecular weight is 214 g/mol. The Bertz CT molecular complexity index is 302. The number of rotatable bonds is 1. The first-order valence-electron chi connectivity index (χ1n) is 4.63. The first-order valence-corrected chi connectivity index (χ1v) is 4.63. The molecule has 84 valence electrons. The Morgan fingerprint density at radius 3 is 2.53 bits per heavy atom. The van der Waals surface area contributed by atoms with Crippen LogP contribution in [0.4, 0.5) is 0 Å². The van der Waals surface area contributed by atoms with E-state index in [0.29, 0.717) is 6.42 Å². The summed E-state index contributed by atoms with van der Waals surface area (Å²) < 4.78 is 4.58. The van der Waals surface area contributed by atoms with Gasteiger partial charge in [0.15, 0.2) is 6.04 Å². The zero-order chi connectivity index (χ0) is 11.6. The predicted octanol–water partition coefficient (Wildman–Crippen LogP) is -0.456. The standard InChI is InChI=1S/C9H14N2O4/c1-6(12)11-7(9(14)15-3)4-5-8(13)10(11)2/h7H,4-5H2,1-3H3/t7-/m0/s1. The number of hydrogen-bond acceptors (Lipinski definition) is 4. The molecule has 1 saturated heterocycles. The number of esters is 1. The molecule has 15 heavy (non-hydrogen) atoms. The molecule has 0 saturated carbocycles. The highest BCUT2D eigenvalue weighted by Crippen LogP contribution is 2.19. The van der Waals surface area contributed by atoms with Gasteiger partial charge >= 0.3 is 5.97 Å². The molecule has 0 aromatic carbocycles. The van der Waals surface area contributed by atoms with Crippen LogP contribution in [-0.4, -0.2) is 48.0 Å². The van der Waals surface area contributed by atoms with Gasteiger partial charge in [0.2, 0.25) is 11.8 Å². The van der Waals surface area contributed by atoms with Crippen LogP contribution in [0.5, 0.6) is 0 Å². The van der Waals surface area contributed by atoms with E-state index in [1.165, 1.54) is 26.1 Å². The van der Waals surface area contributed by atoms with E-state index >= 15 is 0 Å². The van der Waals surface area contributed by atoms with Gasteiger partial charge in [-0.2, -0.15) is 0 Å². The van der Waals surface area contributed by atoms with Gasteiger partial charge in [0, 0.05) is 20.4 Å². The lowest BCUT2D eigenvalue weighted by Crippen LogP contribution is -2.58. The molecule has 1 aliphatic heterocycles. The molecule has 0 unspecified atom stereocenters. The topological polar surface area (TPSA) is 66.9 Å². The van der Waals surface area contributed by atoms with Gasteiger partial charge in [-0.15, -0.1) is 0 Å². The van der Waals surface area contributed by atoms with Crippen LogP contribution in [-0.2, 0) is 19.1 Å². The van der Waals surface area contributed by atoms with Crippen LogP contribution in [0.2, 0.25) is 0 Å². The van der Waals surface area contributed by atoms with Crippen LogP contribution >= 0.6 is 0 Å². The number of ether oxygens (including phenoxy) is 1. The van der Waals surface area contributed by atoms with E-state index in [2.05, 4.69) is 4.74 Å². The van der Waals surface area contributed by atoms with Crippen molar-refractivity contribution in [1.29, 1.82) is 0 Å². The summed E-state index contributed by atoms with van der Waals surface area (Å²) in [6.07, 6.45) is 0.565. The third-order valence-electron chi connectivity index (χ3n) is 2.41. The lowest BCUT2D eigenvalue weighted by molar-refractivity contribution is -0.180. The summed E-state index contributed by atoms with van der Waals surface area (Å²) in [6, 6.07) is -0.685. The summed E-state index contributed by atoms with van der Waals surface area (Å²) >= 11 is 0. The van der Waals surface area contributed by atoms with E-state index in [9.17, 15) is 14.4 Å². The molecule has 0 aromatic heterocycles. The third kappa shape index (κ3) is 2.08.